The summed E-state index contributed by atoms with van der Waals surface area (Å²) in [6, 6.07) is 16.7. The van der Waals surface area contributed by atoms with Crippen LogP contribution in [0.5, 0.6) is 5.75 Å². The maximum absolute atomic E-state index is 13.0. The van der Waals surface area contributed by atoms with Crippen LogP contribution in [-0.2, 0) is 15.9 Å². The van der Waals surface area contributed by atoms with Crippen LogP contribution in [-0.4, -0.2) is 62.5 Å². The lowest BCUT2D eigenvalue weighted by Crippen LogP contribution is -2.49. The zero-order valence-corrected chi connectivity index (χ0v) is 17.2. The molecule has 0 aliphatic carbocycles. The van der Waals surface area contributed by atoms with Gasteiger partial charge in [-0.15, -0.1) is 0 Å². The summed E-state index contributed by atoms with van der Waals surface area (Å²) in [6.07, 6.45) is 2.72. The number of ether oxygens (including phenoxy) is 3. The van der Waals surface area contributed by atoms with Crippen LogP contribution in [0.3, 0.4) is 0 Å². The number of hydrogen-bond acceptors (Lipinski definition) is 5. The number of piperazine rings is 1. The zero-order chi connectivity index (χ0) is 20.6. The van der Waals surface area contributed by atoms with E-state index in [1.165, 1.54) is 17.7 Å². The first kappa shape index (κ1) is 20.7. The maximum Gasteiger partial charge on any atom is 0.229 e. The Labute approximate surface area is 177 Å². The van der Waals surface area contributed by atoms with Crippen LogP contribution in [0.4, 0.5) is 4.39 Å². The van der Waals surface area contributed by atoms with E-state index in [4.69, 9.17) is 14.2 Å². The van der Waals surface area contributed by atoms with Crippen molar-refractivity contribution in [1.82, 2.24) is 9.80 Å². The molecule has 2 heterocycles. The predicted molar refractivity (Wildman–Crippen MR) is 114 cm³/mol. The van der Waals surface area contributed by atoms with Crippen molar-refractivity contribution in [3.63, 3.8) is 0 Å². The minimum absolute atomic E-state index is 0.241. The van der Waals surface area contributed by atoms with Gasteiger partial charge in [0.05, 0.1) is 0 Å². The molecule has 0 N–H and O–H groups in total. The van der Waals surface area contributed by atoms with Gasteiger partial charge >= 0.3 is 0 Å². The van der Waals surface area contributed by atoms with E-state index in [9.17, 15) is 4.39 Å². The van der Waals surface area contributed by atoms with Crippen LogP contribution in [0.2, 0.25) is 0 Å². The summed E-state index contributed by atoms with van der Waals surface area (Å²) in [5.41, 5.74) is 1.32. The van der Waals surface area contributed by atoms with Crippen LogP contribution in [0, 0.1) is 11.7 Å². The Morgan fingerprint density at radius 2 is 1.67 bits per heavy atom. The van der Waals surface area contributed by atoms with Gasteiger partial charge in [-0.1, -0.05) is 30.3 Å². The molecule has 4 rings (SSSR count). The number of rotatable bonds is 9. The normalized spacial score (nSPS) is 18.4. The lowest BCUT2D eigenvalue weighted by Gasteiger charge is -2.36. The summed E-state index contributed by atoms with van der Waals surface area (Å²) in [5.74, 6) is 1.72. The third-order valence-electron chi connectivity index (χ3n) is 5.65. The first-order chi connectivity index (χ1) is 14.8. The second kappa shape index (κ2) is 10.5. The summed E-state index contributed by atoms with van der Waals surface area (Å²) in [7, 11) is 0. The number of halogens is 1. The van der Waals surface area contributed by atoms with Crippen molar-refractivity contribution >= 4 is 0 Å². The van der Waals surface area contributed by atoms with Gasteiger partial charge in [0.15, 0.2) is 0 Å². The Bertz CT molecular complexity index is 805. The summed E-state index contributed by atoms with van der Waals surface area (Å²) in [6.45, 7) is 6.85. The first-order valence-corrected chi connectivity index (χ1v) is 10.6. The van der Waals surface area contributed by atoms with Crippen molar-refractivity contribution in [2.75, 3.05) is 52.7 Å². The summed E-state index contributed by atoms with van der Waals surface area (Å²) in [4.78, 5) is 4.92. The molecular weight excluding hydrogens is 383 g/mol. The minimum Gasteiger partial charge on any atom is -0.492 e. The van der Waals surface area contributed by atoms with E-state index in [2.05, 4.69) is 34.1 Å². The number of hydrogen-bond donors (Lipinski definition) is 0. The van der Waals surface area contributed by atoms with Gasteiger partial charge in [0.2, 0.25) is 6.79 Å². The molecule has 2 aliphatic rings. The summed E-state index contributed by atoms with van der Waals surface area (Å²) in [5, 5.41) is 0. The van der Waals surface area contributed by atoms with Gasteiger partial charge in [0.25, 0.3) is 0 Å². The van der Waals surface area contributed by atoms with Crippen molar-refractivity contribution in [3.05, 3.63) is 78.0 Å². The molecule has 1 fully saturated rings. The average molecular weight is 413 g/mol. The molecule has 2 aromatic rings. The molecule has 1 unspecified atom stereocenters. The molecule has 0 spiro atoms. The van der Waals surface area contributed by atoms with Gasteiger partial charge in [-0.25, -0.2) is 4.39 Å². The van der Waals surface area contributed by atoms with Gasteiger partial charge in [-0.2, -0.15) is 0 Å². The summed E-state index contributed by atoms with van der Waals surface area (Å²) >= 11 is 0. The molecule has 2 aliphatic heterocycles. The number of benzene rings is 2. The topological polar surface area (TPSA) is 34.2 Å². The Kier molecular flexibility index (Phi) is 7.21. The second-order valence-corrected chi connectivity index (χ2v) is 7.78. The molecular formula is C24H29FN2O3. The highest BCUT2D eigenvalue weighted by molar-refractivity contribution is 5.22. The van der Waals surface area contributed by atoms with Crippen LogP contribution in [0.25, 0.3) is 0 Å². The molecule has 160 valence electrons. The van der Waals surface area contributed by atoms with Gasteiger partial charge in [-0.3, -0.25) is 4.90 Å². The highest BCUT2D eigenvalue weighted by Crippen LogP contribution is 2.23. The van der Waals surface area contributed by atoms with Crippen LogP contribution < -0.4 is 4.74 Å². The monoisotopic (exact) mass is 412 g/mol. The van der Waals surface area contributed by atoms with Crippen LogP contribution in [0.1, 0.15) is 5.56 Å². The maximum atomic E-state index is 13.0. The molecule has 0 saturated carbocycles. The lowest BCUT2D eigenvalue weighted by atomic mass is 9.96. The average Bonchev–Trinajstić information content (AvgIpc) is 3.32. The van der Waals surface area contributed by atoms with Gasteiger partial charge < -0.3 is 19.1 Å². The van der Waals surface area contributed by atoms with Gasteiger partial charge in [-0.05, 0) is 36.2 Å². The predicted octanol–water partition coefficient (Wildman–Crippen LogP) is 3.53. The Hall–Kier alpha value is -2.57. The molecule has 1 saturated heterocycles. The number of nitrogens with zero attached hydrogens (tertiary/aromatic N) is 2. The quantitative estimate of drug-likeness (QED) is 0.630. The molecule has 2 aromatic carbocycles. The largest absolute Gasteiger partial charge is 0.492 e. The van der Waals surface area contributed by atoms with Crippen molar-refractivity contribution < 1.29 is 18.6 Å². The van der Waals surface area contributed by atoms with E-state index in [-0.39, 0.29) is 5.82 Å². The fourth-order valence-corrected chi connectivity index (χ4v) is 3.95. The van der Waals surface area contributed by atoms with E-state index in [0.717, 1.165) is 51.4 Å². The first-order valence-electron chi connectivity index (χ1n) is 10.6. The van der Waals surface area contributed by atoms with Crippen LogP contribution in [0.15, 0.2) is 66.6 Å². The molecule has 0 radical (unpaired) electrons. The molecule has 0 aromatic heterocycles. The van der Waals surface area contributed by atoms with Crippen molar-refractivity contribution in [2.45, 2.75) is 6.42 Å². The van der Waals surface area contributed by atoms with Crippen molar-refractivity contribution in [1.29, 1.82) is 0 Å². The zero-order valence-electron chi connectivity index (χ0n) is 17.2. The Balaban J connectivity index is 1.22. The molecule has 0 bridgehead atoms. The molecule has 5 nitrogen and oxygen atoms in total. The van der Waals surface area contributed by atoms with Gasteiger partial charge in [0.1, 0.15) is 30.2 Å². The summed E-state index contributed by atoms with van der Waals surface area (Å²) < 4.78 is 29.7. The standard InChI is InChI=1S/C24H29FN2O3/c25-22-6-8-23(9-7-22)29-15-14-26-10-12-27(13-11-26)17-21(24-18-28-19-30-24)16-20-4-2-1-3-5-20/h1-9,18,21H,10-17,19H2. The second-order valence-electron chi connectivity index (χ2n) is 7.78. The smallest absolute Gasteiger partial charge is 0.229 e. The Morgan fingerprint density at radius 1 is 0.933 bits per heavy atom. The van der Waals surface area contributed by atoms with E-state index in [1.807, 2.05) is 6.07 Å². The fraction of sp³-hybridized carbons (Fsp3) is 0.417. The van der Waals surface area contributed by atoms with Crippen molar-refractivity contribution in [3.8, 4) is 5.75 Å². The molecule has 30 heavy (non-hydrogen) atoms. The molecule has 1 atom stereocenters. The van der Waals surface area contributed by atoms with Gasteiger partial charge in [0, 0.05) is 45.2 Å². The third kappa shape index (κ3) is 5.97. The van der Waals surface area contributed by atoms with Crippen molar-refractivity contribution in [2.24, 2.45) is 5.92 Å². The molecule has 6 heteroatoms. The fourth-order valence-electron chi connectivity index (χ4n) is 3.95. The minimum atomic E-state index is -0.241. The highest BCUT2D eigenvalue weighted by Gasteiger charge is 2.25. The third-order valence-corrected chi connectivity index (χ3v) is 5.65. The molecule has 0 amide bonds. The lowest BCUT2D eigenvalue weighted by molar-refractivity contribution is 0.0601. The SMILES string of the molecule is Fc1ccc(OCCN2CCN(CC(Cc3ccccc3)C3=COCO3)CC2)cc1. The Morgan fingerprint density at radius 3 is 2.37 bits per heavy atom. The van der Waals surface area contributed by atoms with E-state index in [0.29, 0.717) is 25.1 Å². The van der Waals surface area contributed by atoms with E-state index >= 15 is 0 Å². The van der Waals surface area contributed by atoms with Crippen LogP contribution >= 0.6 is 0 Å². The highest BCUT2D eigenvalue weighted by atomic mass is 19.1. The van der Waals surface area contributed by atoms with E-state index < -0.39 is 0 Å². The van der Waals surface area contributed by atoms with E-state index in [1.54, 1.807) is 18.4 Å².